The zero-order chi connectivity index (χ0) is 11.1. The van der Waals surface area contributed by atoms with Crippen LogP contribution >= 0.6 is 0 Å². The van der Waals surface area contributed by atoms with Gasteiger partial charge in [-0.3, -0.25) is 4.79 Å². The number of benzene rings is 1. The number of rotatable bonds is 1. The number of hydrogen-bond acceptors (Lipinski definition) is 2. The second-order valence-corrected chi connectivity index (χ2v) is 3.35. The van der Waals surface area contributed by atoms with E-state index in [4.69, 9.17) is 5.26 Å². The van der Waals surface area contributed by atoms with Crippen LogP contribution in [0, 0.1) is 11.5 Å². The van der Waals surface area contributed by atoms with Crippen molar-refractivity contribution in [2.24, 2.45) is 0 Å². The largest absolute Gasteiger partial charge is 0.274 e. The Balaban J connectivity index is 0.000000319. The number of anilines is 1. The molecule has 1 amide bonds. The molecule has 1 fully saturated rings. The Labute approximate surface area is 89.9 Å². The first-order chi connectivity index (χ1) is 7.25. The average molecular weight is 202 g/mol. The van der Waals surface area contributed by atoms with Crippen LogP contribution in [-0.4, -0.2) is 5.91 Å². The quantitative estimate of drug-likeness (QED) is 0.519. The Hall–Kier alpha value is -1.82. The van der Waals surface area contributed by atoms with E-state index < -0.39 is 0 Å². The lowest BCUT2D eigenvalue weighted by molar-refractivity contribution is -0.115. The van der Waals surface area contributed by atoms with Crippen LogP contribution in [0.2, 0.25) is 0 Å². The van der Waals surface area contributed by atoms with Crippen LogP contribution in [0.15, 0.2) is 30.3 Å². The van der Waals surface area contributed by atoms with Crippen molar-refractivity contribution in [1.82, 2.24) is 0 Å². The molecule has 0 spiro atoms. The SMILES string of the molecule is C1CC1.CC(=O)N(C#N)c1ccccc1. The molecule has 0 bridgehead atoms. The third-order valence-electron chi connectivity index (χ3n) is 1.78. The van der Waals surface area contributed by atoms with E-state index in [0.717, 1.165) is 4.90 Å². The Kier molecular flexibility index (Phi) is 4.36. The highest BCUT2D eigenvalue weighted by molar-refractivity contribution is 5.94. The lowest BCUT2D eigenvalue weighted by atomic mass is 10.3. The zero-order valence-electron chi connectivity index (χ0n) is 8.81. The lowest BCUT2D eigenvalue weighted by Crippen LogP contribution is -2.21. The van der Waals surface area contributed by atoms with Gasteiger partial charge in [-0.05, 0) is 12.1 Å². The minimum Gasteiger partial charge on any atom is -0.274 e. The first-order valence-corrected chi connectivity index (χ1v) is 5.01. The molecule has 3 heteroatoms. The molecular weight excluding hydrogens is 188 g/mol. The maximum Gasteiger partial charge on any atom is 0.237 e. The molecule has 1 aromatic rings. The third kappa shape index (κ3) is 4.28. The maximum atomic E-state index is 10.9. The Morgan fingerprint density at radius 3 is 2.13 bits per heavy atom. The fraction of sp³-hybridized carbons (Fsp3) is 0.333. The van der Waals surface area contributed by atoms with Gasteiger partial charge < -0.3 is 0 Å². The molecule has 1 aromatic carbocycles. The van der Waals surface area contributed by atoms with Gasteiger partial charge in [0.05, 0.1) is 5.69 Å². The highest BCUT2D eigenvalue weighted by atomic mass is 16.2. The van der Waals surface area contributed by atoms with E-state index in [0.29, 0.717) is 5.69 Å². The van der Waals surface area contributed by atoms with Gasteiger partial charge >= 0.3 is 0 Å². The molecule has 0 N–H and O–H groups in total. The smallest absolute Gasteiger partial charge is 0.237 e. The van der Waals surface area contributed by atoms with Crippen LogP contribution in [0.25, 0.3) is 0 Å². The predicted octanol–water partition coefficient (Wildman–Crippen LogP) is 2.69. The number of amides is 1. The van der Waals surface area contributed by atoms with Crippen molar-refractivity contribution in [2.75, 3.05) is 4.90 Å². The van der Waals surface area contributed by atoms with Crippen molar-refractivity contribution >= 4 is 11.6 Å². The first-order valence-electron chi connectivity index (χ1n) is 5.01. The van der Waals surface area contributed by atoms with Crippen LogP contribution < -0.4 is 4.90 Å². The first kappa shape index (κ1) is 11.3. The number of carbonyl (C=O) groups excluding carboxylic acids is 1. The molecule has 0 radical (unpaired) electrons. The minimum absolute atomic E-state index is 0.274. The molecule has 2 rings (SSSR count). The normalized spacial score (nSPS) is 11.7. The van der Waals surface area contributed by atoms with Gasteiger partial charge in [0.25, 0.3) is 0 Å². The van der Waals surface area contributed by atoms with Crippen LogP contribution in [0.3, 0.4) is 0 Å². The van der Waals surface area contributed by atoms with Crippen molar-refractivity contribution in [2.45, 2.75) is 26.2 Å². The fourth-order valence-electron chi connectivity index (χ4n) is 0.887. The summed E-state index contributed by atoms with van der Waals surface area (Å²) in [7, 11) is 0. The number of hydrogen-bond donors (Lipinski definition) is 0. The van der Waals surface area contributed by atoms with Gasteiger partial charge in [-0.15, -0.1) is 0 Å². The maximum absolute atomic E-state index is 10.9. The summed E-state index contributed by atoms with van der Waals surface area (Å²) in [6.07, 6.45) is 6.30. The average Bonchev–Trinajstić information content (AvgIpc) is 3.06. The molecule has 0 saturated heterocycles. The van der Waals surface area contributed by atoms with E-state index in [-0.39, 0.29) is 5.91 Å². The summed E-state index contributed by atoms with van der Waals surface area (Å²) in [6, 6.07) is 8.82. The van der Waals surface area contributed by atoms with Crippen molar-refractivity contribution in [3.63, 3.8) is 0 Å². The summed E-state index contributed by atoms with van der Waals surface area (Å²) >= 11 is 0. The summed E-state index contributed by atoms with van der Waals surface area (Å²) in [5, 5.41) is 8.60. The molecule has 0 heterocycles. The molecule has 1 aliphatic carbocycles. The third-order valence-corrected chi connectivity index (χ3v) is 1.78. The monoisotopic (exact) mass is 202 g/mol. The van der Waals surface area contributed by atoms with Gasteiger partial charge in [-0.1, -0.05) is 37.5 Å². The van der Waals surface area contributed by atoms with Gasteiger partial charge in [-0.25, -0.2) is 4.90 Å². The summed E-state index contributed by atoms with van der Waals surface area (Å²) in [5.74, 6) is -0.274. The fourth-order valence-corrected chi connectivity index (χ4v) is 0.887. The van der Waals surface area contributed by atoms with Crippen LogP contribution in [0.1, 0.15) is 26.2 Å². The van der Waals surface area contributed by atoms with E-state index in [2.05, 4.69) is 0 Å². The summed E-state index contributed by atoms with van der Waals surface area (Å²) in [6.45, 7) is 1.36. The molecule has 1 saturated carbocycles. The van der Waals surface area contributed by atoms with E-state index in [9.17, 15) is 4.79 Å². The Morgan fingerprint density at radius 1 is 1.27 bits per heavy atom. The summed E-state index contributed by atoms with van der Waals surface area (Å²) in [4.78, 5) is 11.9. The summed E-state index contributed by atoms with van der Waals surface area (Å²) in [5.41, 5.74) is 0.604. The van der Waals surface area contributed by atoms with Gasteiger partial charge in [0.2, 0.25) is 5.91 Å². The number of nitriles is 1. The molecule has 3 nitrogen and oxygen atoms in total. The van der Waals surface area contributed by atoms with Crippen LogP contribution in [0.4, 0.5) is 5.69 Å². The van der Waals surface area contributed by atoms with Gasteiger partial charge in [-0.2, -0.15) is 5.26 Å². The van der Waals surface area contributed by atoms with Crippen molar-refractivity contribution < 1.29 is 4.79 Å². The highest BCUT2D eigenvalue weighted by Gasteiger charge is 2.08. The predicted molar refractivity (Wildman–Crippen MR) is 59.1 cm³/mol. The summed E-state index contributed by atoms with van der Waals surface area (Å²) < 4.78 is 0. The van der Waals surface area contributed by atoms with Crippen LogP contribution in [-0.2, 0) is 4.79 Å². The molecule has 15 heavy (non-hydrogen) atoms. The molecule has 0 aromatic heterocycles. The van der Waals surface area contributed by atoms with E-state index in [1.807, 2.05) is 6.07 Å². The zero-order valence-corrected chi connectivity index (χ0v) is 8.81. The topological polar surface area (TPSA) is 44.1 Å². The van der Waals surface area contributed by atoms with Crippen molar-refractivity contribution in [1.29, 1.82) is 5.26 Å². The van der Waals surface area contributed by atoms with Crippen molar-refractivity contribution in [3.05, 3.63) is 30.3 Å². The highest BCUT2D eigenvalue weighted by Crippen LogP contribution is 2.14. The Bertz CT molecular complexity index is 349. The van der Waals surface area contributed by atoms with E-state index in [1.165, 1.54) is 26.2 Å². The molecule has 0 aliphatic heterocycles. The minimum atomic E-state index is -0.274. The van der Waals surface area contributed by atoms with Crippen molar-refractivity contribution in [3.8, 4) is 6.19 Å². The van der Waals surface area contributed by atoms with Gasteiger partial charge in [0.1, 0.15) is 0 Å². The molecule has 1 aliphatic rings. The lowest BCUT2D eigenvalue weighted by Gasteiger charge is -2.09. The Morgan fingerprint density at radius 2 is 1.80 bits per heavy atom. The second-order valence-electron chi connectivity index (χ2n) is 3.35. The molecular formula is C12H14N2O. The van der Waals surface area contributed by atoms with Crippen LogP contribution in [0.5, 0.6) is 0 Å². The molecule has 0 unspecified atom stereocenters. The van der Waals surface area contributed by atoms with Gasteiger partial charge in [0.15, 0.2) is 6.19 Å². The number of para-hydroxylation sites is 1. The second kappa shape index (κ2) is 5.82. The van der Waals surface area contributed by atoms with E-state index >= 15 is 0 Å². The standard InChI is InChI=1S/C9H8N2O.C3H6/c1-8(12)11(7-10)9-5-3-2-4-6-9;1-2-3-1/h2-6H,1H3;1-3H2. The molecule has 78 valence electrons. The van der Waals surface area contributed by atoms with Gasteiger partial charge in [0, 0.05) is 6.92 Å². The molecule has 0 atom stereocenters. The number of carbonyl (C=O) groups is 1. The van der Waals surface area contributed by atoms with E-state index in [1.54, 1.807) is 30.5 Å². The number of nitrogens with zero attached hydrogens (tertiary/aromatic N) is 2.